The molecule has 0 aliphatic rings. The third-order valence-electron chi connectivity index (χ3n) is 2.00. The van der Waals surface area contributed by atoms with E-state index in [9.17, 15) is 4.79 Å². The van der Waals surface area contributed by atoms with Crippen molar-refractivity contribution in [3.63, 3.8) is 0 Å². The molecule has 0 aromatic carbocycles. The van der Waals surface area contributed by atoms with Crippen molar-refractivity contribution in [3.05, 3.63) is 36.1 Å². The number of hydrogen-bond donors (Lipinski definition) is 0. The molecule has 0 rings (SSSR count). The van der Waals surface area contributed by atoms with E-state index in [2.05, 4.69) is 29.2 Å². The van der Waals surface area contributed by atoms with Gasteiger partial charge in [0.25, 0.3) is 0 Å². The molecule has 0 aromatic heterocycles. The average molecular weight is 364 g/mol. The van der Waals surface area contributed by atoms with E-state index in [1.54, 1.807) is 19.9 Å². The van der Waals surface area contributed by atoms with Gasteiger partial charge in [0.2, 0.25) is 0 Å². The number of rotatable bonds is 7. The van der Waals surface area contributed by atoms with E-state index in [0.29, 0.717) is 0 Å². The van der Waals surface area contributed by atoms with E-state index >= 15 is 0 Å². The molecule has 0 saturated heterocycles. The molecule has 0 fully saturated rings. The number of esters is 1. The van der Waals surface area contributed by atoms with Gasteiger partial charge >= 0.3 is 5.97 Å². The molecule has 0 saturated carbocycles. The molecule has 0 spiro atoms. The van der Waals surface area contributed by atoms with Crippen LogP contribution in [0.5, 0.6) is 0 Å². The van der Waals surface area contributed by atoms with E-state index < -0.39 is 0 Å². The van der Waals surface area contributed by atoms with E-state index in [-0.39, 0.29) is 22.6 Å². The van der Waals surface area contributed by atoms with Gasteiger partial charge in [-0.15, -0.1) is 0 Å². The van der Waals surface area contributed by atoms with Crippen LogP contribution in [-0.2, 0) is 14.3 Å². The summed E-state index contributed by atoms with van der Waals surface area (Å²) in [5.41, 5.74) is 0.841. The maximum absolute atomic E-state index is 11.3. The molecular formula is C14H21IO3. The summed E-state index contributed by atoms with van der Waals surface area (Å²) in [5, 5.41) is 0. The van der Waals surface area contributed by atoms with Crippen molar-refractivity contribution >= 4 is 28.6 Å². The Morgan fingerprint density at radius 2 is 1.94 bits per heavy atom. The van der Waals surface area contributed by atoms with Crippen LogP contribution < -0.4 is 0 Å². The van der Waals surface area contributed by atoms with Gasteiger partial charge < -0.3 is 9.47 Å². The SMILES string of the molecule is C=C/C(=C\C=C(/C)OC(C)I)COC(=O)C(C)C. The van der Waals surface area contributed by atoms with Gasteiger partial charge in [-0.3, -0.25) is 4.79 Å². The largest absolute Gasteiger partial charge is 0.485 e. The van der Waals surface area contributed by atoms with Crippen molar-refractivity contribution in [1.82, 2.24) is 0 Å². The number of carbonyl (C=O) groups is 1. The van der Waals surface area contributed by atoms with Gasteiger partial charge in [-0.25, -0.2) is 0 Å². The lowest BCUT2D eigenvalue weighted by Crippen LogP contribution is -2.13. The van der Waals surface area contributed by atoms with E-state index in [1.165, 1.54) is 0 Å². The van der Waals surface area contributed by atoms with Gasteiger partial charge in [0, 0.05) is 0 Å². The third-order valence-corrected chi connectivity index (χ3v) is 2.25. The first-order valence-electron chi connectivity index (χ1n) is 5.84. The second kappa shape index (κ2) is 9.19. The molecule has 18 heavy (non-hydrogen) atoms. The minimum Gasteiger partial charge on any atom is -0.485 e. The van der Waals surface area contributed by atoms with Crippen molar-refractivity contribution in [2.45, 2.75) is 31.8 Å². The Labute approximate surface area is 123 Å². The highest BCUT2D eigenvalue weighted by Crippen LogP contribution is 2.09. The minimum atomic E-state index is -0.208. The Hall–Kier alpha value is -0.780. The Bertz CT molecular complexity index is 341. The number of ether oxygens (including phenoxy) is 2. The normalized spacial score (nSPS) is 14.3. The number of carbonyl (C=O) groups excluding carboxylic acids is 1. The van der Waals surface area contributed by atoms with Crippen LogP contribution in [0.15, 0.2) is 36.1 Å². The fourth-order valence-corrected chi connectivity index (χ4v) is 1.42. The monoisotopic (exact) mass is 364 g/mol. The Kier molecular flexibility index (Phi) is 8.79. The standard InChI is InChI=1S/C14H21IO3/c1-6-13(9-17-14(16)10(2)3)8-7-11(4)18-12(5)15/h6-8,10,12H,1,9H2,2-5H3/b11-7+,13-8+. The summed E-state index contributed by atoms with van der Waals surface area (Å²) in [6.07, 6.45) is 5.36. The van der Waals surface area contributed by atoms with E-state index in [1.807, 2.05) is 26.0 Å². The summed E-state index contributed by atoms with van der Waals surface area (Å²) < 4.78 is 10.7. The zero-order chi connectivity index (χ0) is 14.1. The lowest BCUT2D eigenvalue weighted by atomic mass is 10.2. The Balaban J connectivity index is 4.41. The molecule has 102 valence electrons. The second-order valence-corrected chi connectivity index (χ2v) is 5.90. The number of halogens is 1. The van der Waals surface area contributed by atoms with Crippen LogP contribution in [0, 0.1) is 5.92 Å². The fraction of sp³-hybridized carbons (Fsp3) is 0.500. The smallest absolute Gasteiger partial charge is 0.308 e. The van der Waals surface area contributed by atoms with Crippen molar-refractivity contribution < 1.29 is 14.3 Å². The van der Waals surface area contributed by atoms with Gasteiger partial charge in [0.15, 0.2) is 0 Å². The lowest BCUT2D eigenvalue weighted by Gasteiger charge is -2.08. The summed E-state index contributed by atoms with van der Waals surface area (Å²) in [4.78, 5) is 11.3. The highest BCUT2D eigenvalue weighted by molar-refractivity contribution is 14.1. The van der Waals surface area contributed by atoms with Gasteiger partial charge in [0.05, 0.1) is 11.7 Å². The van der Waals surface area contributed by atoms with Crippen LogP contribution >= 0.6 is 22.6 Å². The van der Waals surface area contributed by atoms with Gasteiger partial charge in [-0.1, -0.05) is 32.6 Å². The summed E-state index contributed by atoms with van der Waals surface area (Å²) in [7, 11) is 0. The molecule has 0 N–H and O–H groups in total. The minimum absolute atomic E-state index is 0.114. The van der Waals surface area contributed by atoms with Crippen LogP contribution in [0.2, 0.25) is 0 Å². The van der Waals surface area contributed by atoms with Crippen LogP contribution in [0.1, 0.15) is 27.7 Å². The molecular weight excluding hydrogens is 343 g/mol. The topological polar surface area (TPSA) is 35.5 Å². The summed E-state index contributed by atoms with van der Waals surface area (Å²) >= 11 is 2.18. The molecule has 4 heteroatoms. The number of allylic oxidation sites excluding steroid dienone is 3. The first-order chi connectivity index (χ1) is 8.36. The van der Waals surface area contributed by atoms with Gasteiger partial charge in [-0.2, -0.15) is 0 Å². The maximum atomic E-state index is 11.3. The lowest BCUT2D eigenvalue weighted by molar-refractivity contribution is -0.146. The zero-order valence-corrected chi connectivity index (χ0v) is 13.6. The molecule has 0 aliphatic heterocycles. The summed E-state index contributed by atoms with van der Waals surface area (Å²) in [5.74, 6) is 0.489. The Morgan fingerprint density at radius 3 is 2.39 bits per heavy atom. The maximum Gasteiger partial charge on any atom is 0.308 e. The molecule has 0 aliphatic carbocycles. The first kappa shape index (κ1) is 17.2. The molecule has 1 unspecified atom stereocenters. The van der Waals surface area contributed by atoms with Crippen LogP contribution in [-0.4, -0.2) is 16.7 Å². The number of hydrogen-bond acceptors (Lipinski definition) is 3. The first-order valence-corrected chi connectivity index (χ1v) is 7.08. The number of alkyl halides is 1. The molecule has 0 radical (unpaired) electrons. The highest BCUT2D eigenvalue weighted by atomic mass is 127. The molecule has 0 heterocycles. The Morgan fingerprint density at radius 1 is 1.33 bits per heavy atom. The quantitative estimate of drug-likeness (QED) is 0.225. The predicted octanol–water partition coefficient (Wildman–Crippen LogP) is 4.00. The van der Waals surface area contributed by atoms with Gasteiger partial charge in [0.1, 0.15) is 10.7 Å². The predicted molar refractivity (Wildman–Crippen MR) is 82.4 cm³/mol. The van der Waals surface area contributed by atoms with Crippen molar-refractivity contribution in [2.24, 2.45) is 5.92 Å². The van der Waals surface area contributed by atoms with Gasteiger partial charge in [-0.05, 0) is 48.1 Å². The van der Waals surface area contributed by atoms with Crippen LogP contribution in [0.25, 0.3) is 0 Å². The highest BCUT2D eigenvalue weighted by Gasteiger charge is 2.07. The zero-order valence-electron chi connectivity index (χ0n) is 11.4. The van der Waals surface area contributed by atoms with E-state index in [4.69, 9.17) is 9.47 Å². The van der Waals surface area contributed by atoms with E-state index in [0.717, 1.165) is 11.3 Å². The second-order valence-electron chi connectivity index (χ2n) is 4.15. The fourth-order valence-electron chi connectivity index (χ4n) is 1.02. The molecule has 3 nitrogen and oxygen atoms in total. The van der Waals surface area contributed by atoms with Crippen molar-refractivity contribution in [3.8, 4) is 0 Å². The van der Waals surface area contributed by atoms with Crippen LogP contribution in [0.3, 0.4) is 0 Å². The molecule has 0 bridgehead atoms. The molecule has 0 aromatic rings. The summed E-state index contributed by atoms with van der Waals surface area (Å²) in [6, 6.07) is 0. The average Bonchev–Trinajstić information content (AvgIpc) is 2.27. The third kappa shape index (κ3) is 8.33. The summed E-state index contributed by atoms with van der Waals surface area (Å²) in [6.45, 7) is 11.4. The van der Waals surface area contributed by atoms with Crippen molar-refractivity contribution in [2.75, 3.05) is 6.61 Å². The molecule has 1 atom stereocenters. The van der Waals surface area contributed by atoms with Crippen molar-refractivity contribution in [1.29, 1.82) is 0 Å². The molecule has 0 amide bonds. The van der Waals surface area contributed by atoms with Crippen LogP contribution in [0.4, 0.5) is 0 Å².